The first-order chi connectivity index (χ1) is 8.22. The van der Waals surface area contributed by atoms with E-state index in [0.717, 1.165) is 5.75 Å². The largest absolute Gasteiger partial charge is 0.497 e. The van der Waals surface area contributed by atoms with Crippen molar-refractivity contribution in [2.45, 2.75) is 51.1 Å². The molecule has 1 fully saturated rings. The van der Waals surface area contributed by atoms with E-state index in [0.29, 0.717) is 18.0 Å². The molecule has 1 unspecified atom stereocenters. The lowest BCUT2D eigenvalue weighted by atomic mass is 9.75. The predicted octanol–water partition coefficient (Wildman–Crippen LogP) is 3.33. The molecule has 0 saturated heterocycles. The zero-order chi connectivity index (χ0) is 12.3. The monoisotopic (exact) mass is 233 g/mol. The van der Waals surface area contributed by atoms with Crippen molar-refractivity contribution in [3.05, 3.63) is 29.8 Å². The molecule has 1 aliphatic rings. The van der Waals surface area contributed by atoms with Gasteiger partial charge in [-0.15, -0.1) is 0 Å². The van der Waals surface area contributed by atoms with E-state index in [2.05, 4.69) is 37.4 Å². The molecule has 2 rings (SSSR count). The Balaban J connectivity index is 1.86. The van der Waals surface area contributed by atoms with Gasteiger partial charge < -0.3 is 10.1 Å². The van der Waals surface area contributed by atoms with Gasteiger partial charge in [0.25, 0.3) is 0 Å². The summed E-state index contributed by atoms with van der Waals surface area (Å²) in [7, 11) is 1.73. The van der Waals surface area contributed by atoms with Crippen molar-refractivity contribution < 1.29 is 4.74 Å². The molecule has 0 spiro atoms. The van der Waals surface area contributed by atoms with Crippen LogP contribution in [0.25, 0.3) is 0 Å². The molecule has 0 amide bonds. The standard InChI is InChI=1S/C15H23NO/c1-4-11(2)16-14-8-13(9-14)12-6-5-7-15(10-12)17-3/h5-7,10-11,13-14,16H,4,8-9H2,1-3H3. The van der Waals surface area contributed by atoms with Gasteiger partial charge in [0.1, 0.15) is 5.75 Å². The molecule has 0 aliphatic heterocycles. The Hall–Kier alpha value is -1.02. The average molecular weight is 233 g/mol. The molecule has 17 heavy (non-hydrogen) atoms. The zero-order valence-electron chi connectivity index (χ0n) is 11.1. The molecule has 2 heteroatoms. The molecule has 1 aromatic rings. The number of benzene rings is 1. The van der Waals surface area contributed by atoms with Crippen molar-refractivity contribution in [1.82, 2.24) is 5.32 Å². The molecule has 0 bridgehead atoms. The second kappa shape index (κ2) is 5.54. The van der Waals surface area contributed by atoms with Crippen LogP contribution in [0.2, 0.25) is 0 Å². The lowest BCUT2D eigenvalue weighted by Gasteiger charge is -2.38. The van der Waals surface area contributed by atoms with Gasteiger partial charge in [-0.05, 0) is 49.8 Å². The lowest BCUT2D eigenvalue weighted by Crippen LogP contribution is -2.44. The summed E-state index contributed by atoms with van der Waals surface area (Å²) in [6.45, 7) is 4.49. The van der Waals surface area contributed by atoms with Crippen LogP contribution < -0.4 is 10.1 Å². The fourth-order valence-electron chi connectivity index (χ4n) is 2.44. The summed E-state index contributed by atoms with van der Waals surface area (Å²) in [5.41, 5.74) is 1.42. The number of hydrogen-bond donors (Lipinski definition) is 1. The second-order valence-corrected chi connectivity index (χ2v) is 5.12. The van der Waals surface area contributed by atoms with Crippen LogP contribution in [0.4, 0.5) is 0 Å². The highest BCUT2D eigenvalue weighted by molar-refractivity contribution is 5.32. The Kier molecular flexibility index (Phi) is 4.06. The van der Waals surface area contributed by atoms with Crippen molar-refractivity contribution in [2.24, 2.45) is 0 Å². The van der Waals surface area contributed by atoms with Crippen LogP contribution in [0.3, 0.4) is 0 Å². The van der Waals surface area contributed by atoms with Crippen molar-refractivity contribution in [1.29, 1.82) is 0 Å². The predicted molar refractivity (Wildman–Crippen MR) is 71.6 cm³/mol. The van der Waals surface area contributed by atoms with E-state index < -0.39 is 0 Å². The van der Waals surface area contributed by atoms with Gasteiger partial charge in [0.2, 0.25) is 0 Å². The minimum atomic E-state index is 0.645. The molecule has 1 N–H and O–H groups in total. The van der Waals surface area contributed by atoms with E-state index in [-0.39, 0.29) is 0 Å². The van der Waals surface area contributed by atoms with Crippen LogP contribution in [-0.2, 0) is 0 Å². The number of methoxy groups -OCH3 is 1. The molecule has 1 saturated carbocycles. The fourth-order valence-corrected chi connectivity index (χ4v) is 2.44. The Morgan fingerprint density at radius 3 is 2.82 bits per heavy atom. The van der Waals surface area contributed by atoms with Gasteiger partial charge in [-0.1, -0.05) is 19.1 Å². The average Bonchev–Trinajstić information content (AvgIpc) is 2.32. The Bertz CT molecular complexity index is 358. The third-order valence-electron chi connectivity index (χ3n) is 3.84. The molecule has 1 aliphatic carbocycles. The molecular formula is C15H23NO. The van der Waals surface area contributed by atoms with Crippen molar-refractivity contribution in [2.75, 3.05) is 7.11 Å². The Morgan fingerprint density at radius 1 is 1.41 bits per heavy atom. The van der Waals surface area contributed by atoms with Crippen LogP contribution in [0.15, 0.2) is 24.3 Å². The number of hydrogen-bond acceptors (Lipinski definition) is 2. The number of nitrogens with one attached hydrogen (secondary N) is 1. The summed E-state index contributed by atoms with van der Waals surface area (Å²) < 4.78 is 5.27. The van der Waals surface area contributed by atoms with Crippen molar-refractivity contribution in [3.63, 3.8) is 0 Å². The molecular weight excluding hydrogens is 210 g/mol. The van der Waals surface area contributed by atoms with Gasteiger partial charge in [0, 0.05) is 12.1 Å². The van der Waals surface area contributed by atoms with Gasteiger partial charge >= 0.3 is 0 Å². The SMILES string of the molecule is CCC(C)NC1CC(c2cccc(OC)c2)C1. The maximum Gasteiger partial charge on any atom is 0.119 e. The summed E-state index contributed by atoms with van der Waals surface area (Å²) in [4.78, 5) is 0. The molecule has 0 radical (unpaired) electrons. The highest BCUT2D eigenvalue weighted by atomic mass is 16.5. The van der Waals surface area contributed by atoms with Crippen LogP contribution in [0.5, 0.6) is 5.75 Å². The van der Waals surface area contributed by atoms with Crippen LogP contribution >= 0.6 is 0 Å². The van der Waals surface area contributed by atoms with Crippen LogP contribution in [0.1, 0.15) is 44.6 Å². The van der Waals surface area contributed by atoms with Gasteiger partial charge in [-0.3, -0.25) is 0 Å². The number of ether oxygens (including phenoxy) is 1. The molecule has 2 nitrogen and oxygen atoms in total. The summed E-state index contributed by atoms with van der Waals surface area (Å²) in [6.07, 6.45) is 3.73. The van der Waals surface area contributed by atoms with Crippen molar-refractivity contribution >= 4 is 0 Å². The van der Waals surface area contributed by atoms with Crippen LogP contribution in [0, 0.1) is 0 Å². The smallest absolute Gasteiger partial charge is 0.119 e. The Labute approximate surface area is 104 Å². The normalized spacial score (nSPS) is 25.1. The fraction of sp³-hybridized carbons (Fsp3) is 0.600. The highest BCUT2D eigenvalue weighted by Crippen LogP contribution is 2.38. The van der Waals surface area contributed by atoms with Gasteiger partial charge in [-0.25, -0.2) is 0 Å². The van der Waals surface area contributed by atoms with E-state index in [1.54, 1.807) is 7.11 Å². The van der Waals surface area contributed by atoms with Gasteiger partial charge in [0.05, 0.1) is 7.11 Å². The Morgan fingerprint density at radius 2 is 2.18 bits per heavy atom. The van der Waals surface area contributed by atoms with E-state index in [9.17, 15) is 0 Å². The summed E-state index contributed by atoms with van der Waals surface area (Å²) >= 11 is 0. The summed E-state index contributed by atoms with van der Waals surface area (Å²) in [5, 5.41) is 3.66. The molecule has 1 atom stereocenters. The van der Waals surface area contributed by atoms with Gasteiger partial charge in [-0.2, -0.15) is 0 Å². The van der Waals surface area contributed by atoms with Crippen LogP contribution in [-0.4, -0.2) is 19.2 Å². The topological polar surface area (TPSA) is 21.3 Å². The molecule has 94 valence electrons. The van der Waals surface area contributed by atoms with Crippen molar-refractivity contribution in [3.8, 4) is 5.75 Å². The maximum absolute atomic E-state index is 5.27. The van der Waals surface area contributed by atoms with E-state index in [1.165, 1.54) is 24.8 Å². The zero-order valence-corrected chi connectivity index (χ0v) is 11.1. The summed E-state index contributed by atoms with van der Waals surface area (Å²) in [6, 6.07) is 9.84. The molecule has 0 heterocycles. The van der Waals surface area contributed by atoms with E-state index in [4.69, 9.17) is 4.74 Å². The number of rotatable bonds is 5. The quantitative estimate of drug-likeness (QED) is 0.842. The minimum Gasteiger partial charge on any atom is -0.497 e. The lowest BCUT2D eigenvalue weighted by molar-refractivity contribution is 0.267. The first-order valence-corrected chi connectivity index (χ1v) is 6.63. The summed E-state index contributed by atoms with van der Waals surface area (Å²) in [5.74, 6) is 1.69. The second-order valence-electron chi connectivity index (χ2n) is 5.12. The van der Waals surface area contributed by atoms with E-state index in [1.807, 2.05) is 6.07 Å². The van der Waals surface area contributed by atoms with Gasteiger partial charge in [0.15, 0.2) is 0 Å². The maximum atomic E-state index is 5.27. The third kappa shape index (κ3) is 3.01. The molecule has 0 aromatic heterocycles. The molecule has 1 aromatic carbocycles. The first-order valence-electron chi connectivity index (χ1n) is 6.63. The first kappa shape index (κ1) is 12.4. The highest BCUT2D eigenvalue weighted by Gasteiger charge is 2.30. The minimum absolute atomic E-state index is 0.645. The third-order valence-corrected chi connectivity index (χ3v) is 3.84. The van der Waals surface area contributed by atoms with E-state index >= 15 is 0 Å².